The lowest BCUT2D eigenvalue weighted by molar-refractivity contribution is -0.0442. The summed E-state index contributed by atoms with van der Waals surface area (Å²) in [5.41, 5.74) is 0. The molecule has 2 atom stereocenters. The Labute approximate surface area is 114 Å². The fraction of sp³-hybridized carbons (Fsp3) is 0.778. The average Bonchev–Trinajstić information content (AvgIpc) is 2.57. The molecule has 0 aliphatic carbocycles. The molecule has 18 heavy (non-hydrogen) atoms. The summed E-state index contributed by atoms with van der Waals surface area (Å²) in [6.45, 7) is 4.39. The van der Waals surface area contributed by atoms with E-state index in [4.69, 9.17) is 4.74 Å². The van der Waals surface area contributed by atoms with Gasteiger partial charge in [-0.2, -0.15) is 4.31 Å². The highest BCUT2D eigenvalue weighted by Crippen LogP contribution is 2.24. The standard InChI is InChI=1S/C9H15BrN4O3S/c1-6-4-14(5-7(2)17-6)18(15,16)9-8(10)11-12-13(9)3/h6-7H,4-5H2,1-3H3. The molecule has 7 nitrogen and oxygen atoms in total. The Balaban J connectivity index is 2.37. The lowest BCUT2D eigenvalue weighted by Crippen LogP contribution is -2.48. The minimum atomic E-state index is -3.60. The molecule has 2 rings (SSSR count). The molecule has 2 heterocycles. The average molecular weight is 339 g/mol. The highest BCUT2D eigenvalue weighted by Gasteiger charge is 2.35. The first-order valence-electron chi connectivity index (χ1n) is 5.53. The monoisotopic (exact) mass is 338 g/mol. The molecule has 0 saturated carbocycles. The van der Waals surface area contributed by atoms with Crippen molar-refractivity contribution in [1.29, 1.82) is 0 Å². The normalized spacial score (nSPS) is 26.4. The second-order valence-corrected chi connectivity index (χ2v) is 6.99. The lowest BCUT2D eigenvalue weighted by atomic mass is 10.3. The third kappa shape index (κ3) is 2.44. The SMILES string of the molecule is CC1CN(S(=O)(=O)c2c(Br)nnn2C)CC(C)O1. The molecule has 9 heteroatoms. The maximum Gasteiger partial charge on any atom is 0.263 e. The molecule has 2 unspecified atom stereocenters. The Kier molecular flexibility index (Phi) is 3.77. The molecule has 1 aliphatic heterocycles. The van der Waals surface area contributed by atoms with Crippen LogP contribution in [-0.4, -0.2) is 53.0 Å². The van der Waals surface area contributed by atoms with Crippen LogP contribution in [0, 0.1) is 0 Å². The predicted molar refractivity (Wildman–Crippen MR) is 67.5 cm³/mol. The van der Waals surface area contributed by atoms with E-state index >= 15 is 0 Å². The molecule has 1 aliphatic rings. The highest BCUT2D eigenvalue weighted by atomic mass is 79.9. The van der Waals surface area contributed by atoms with Gasteiger partial charge in [0.2, 0.25) is 5.03 Å². The molecule has 1 aromatic heterocycles. The van der Waals surface area contributed by atoms with Gasteiger partial charge in [0.05, 0.1) is 12.2 Å². The zero-order chi connectivity index (χ0) is 13.5. The van der Waals surface area contributed by atoms with Gasteiger partial charge in [-0.25, -0.2) is 13.1 Å². The number of nitrogens with zero attached hydrogens (tertiary/aromatic N) is 4. The first-order valence-corrected chi connectivity index (χ1v) is 7.76. The summed E-state index contributed by atoms with van der Waals surface area (Å²) >= 11 is 3.12. The molecular weight excluding hydrogens is 324 g/mol. The number of rotatable bonds is 2. The number of sulfonamides is 1. The van der Waals surface area contributed by atoms with Crippen LogP contribution in [0.15, 0.2) is 9.63 Å². The van der Waals surface area contributed by atoms with E-state index in [9.17, 15) is 8.42 Å². The summed E-state index contributed by atoms with van der Waals surface area (Å²) in [5.74, 6) is 0. The zero-order valence-corrected chi connectivity index (χ0v) is 12.8. The van der Waals surface area contributed by atoms with E-state index in [1.165, 1.54) is 8.99 Å². The van der Waals surface area contributed by atoms with Gasteiger partial charge in [0.25, 0.3) is 10.0 Å². The van der Waals surface area contributed by atoms with Crippen LogP contribution in [0.1, 0.15) is 13.8 Å². The first-order chi connectivity index (χ1) is 8.32. The third-order valence-corrected chi connectivity index (χ3v) is 5.43. The first kappa shape index (κ1) is 13.9. The number of ether oxygens (including phenoxy) is 1. The van der Waals surface area contributed by atoms with Crippen LogP contribution < -0.4 is 0 Å². The fourth-order valence-electron chi connectivity index (χ4n) is 2.05. The molecule has 102 valence electrons. The molecule has 1 saturated heterocycles. The van der Waals surface area contributed by atoms with Crippen molar-refractivity contribution in [3.8, 4) is 0 Å². The lowest BCUT2D eigenvalue weighted by Gasteiger charge is -2.34. The minimum Gasteiger partial charge on any atom is -0.373 e. The number of aromatic nitrogens is 3. The van der Waals surface area contributed by atoms with Crippen molar-refractivity contribution in [1.82, 2.24) is 19.3 Å². The van der Waals surface area contributed by atoms with Crippen LogP contribution in [0.2, 0.25) is 0 Å². The van der Waals surface area contributed by atoms with Crippen LogP contribution in [0.25, 0.3) is 0 Å². The predicted octanol–water partition coefficient (Wildman–Crippen LogP) is 0.375. The Bertz CT molecular complexity index is 515. The zero-order valence-electron chi connectivity index (χ0n) is 10.4. The Morgan fingerprint density at radius 2 is 1.89 bits per heavy atom. The number of halogens is 1. The summed E-state index contributed by atoms with van der Waals surface area (Å²) in [5, 5.41) is 7.48. The molecule has 0 amide bonds. The largest absolute Gasteiger partial charge is 0.373 e. The van der Waals surface area contributed by atoms with E-state index in [1.54, 1.807) is 7.05 Å². The van der Waals surface area contributed by atoms with Gasteiger partial charge in [-0.15, -0.1) is 5.10 Å². The van der Waals surface area contributed by atoms with Crippen LogP contribution in [-0.2, 0) is 21.8 Å². The van der Waals surface area contributed by atoms with Crippen molar-refractivity contribution >= 4 is 26.0 Å². The number of aryl methyl sites for hydroxylation is 1. The molecule has 0 N–H and O–H groups in total. The summed E-state index contributed by atoms with van der Waals surface area (Å²) in [6.07, 6.45) is -0.244. The van der Waals surface area contributed by atoms with E-state index in [-0.39, 0.29) is 21.8 Å². The maximum atomic E-state index is 12.5. The van der Waals surface area contributed by atoms with Gasteiger partial charge in [-0.1, -0.05) is 5.21 Å². The van der Waals surface area contributed by atoms with Crippen LogP contribution in [0.5, 0.6) is 0 Å². The molecule has 0 spiro atoms. The molecule has 0 radical (unpaired) electrons. The van der Waals surface area contributed by atoms with Crippen molar-refractivity contribution < 1.29 is 13.2 Å². The maximum absolute atomic E-state index is 12.5. The van der Waals surface area contributed by atoms with Crippen molar-refractivity contribution in [3.63, 3.8) is 0 Å². The van der Waals surface area contributed by atoms with Crippen molar-refractivity contribution in [2.45, 2.75) is 31.1 Å². The number of morpholine rings is 1. The molecule has 0 bridgehead atoms. The molecule has 0 aromatic carbocycles. The topological polar surface area (TPSA) is 77.3 Å². The summed E-state index contributed by atoms with van der Waals surface area (Å²) in [6, 6.07) is 0. The van der Waals surface area contributed by atoms with Gasteiger partial charge < -0.3 is 4.74 Å². The second-order valence-electron chi connectivity index (χ2n) is 4.39. The highest BCUT2D eigenvalue weighted by molar-refractivity contribution is 9.10. The fourth-order valence-corrected chi connectivity index (χ4v) is 4.67. The molecule has 1 fully saturated rings. The minimum absolute atomic E-state index is 0.0730. The third-order valence-electron chi connectivity index (χ3n) is 2.71. The number of hydrogen-bond donors (Lipinski definition) is 0. The second kappa shape index (κ2) is 4.87. The molecule has 1 aromatic rings. The van der Waals surface area contributed by atoms with E-state index in [1.807, 2.05) is 13.8 Å². The van der Waals surface area contributed by atoms with Gasteiger partial charge in [0.1, 0.15) is 0 Å². The summed E-state index contributed by atoms with van der Waals surface area (Å²) in [4.78, 5) is 0. The van der Waals surface area contributed by atoms with Crippen molar-refractivity contribution in [2.75, 3.05) is 13.1 Å². The smallest absolute Gasteiger partial charge is 0.263 e. The van der Waals surface area contributed by atoms with Gasteiger partial charge in [0.15, 0.2) is 4.60 Å². The van der Waals surface area contributed by atoms with E-state index in [0.717, 1.165) is 0 Å². The summed E-state index contributed by atoms with van der Waals surface area (Å²) in [7, 11) is -2.05. The Morgan fingerprint density at radius 3 is 2.33 bits per heavy atom. The van der Waals surface area contributed by atoms with E-state index in [0.29, 0.717) is 13.1 Å². The van der Waals surface area contributed by atoms with Gasteiger partial charge >= 0.3 is 0 Å². The quantitative estimate of drug-likeness (QED) is 0.778. The van der Waals surface area contributed by atoms with Gasteiger partial charge in [0, 0.05) is 20.1 Å². The number of hydrogen-bond acceptors (Lipinski definition) is 5. The van der Waals surface area contributed by atoms with Crippen LogP contribution in [0.3, 0.4) is 0 Å². The van der Waals surface area contributed by atoms with Gasteiger partial charge in [-0.3, -0.25) is 0 Å². The van der Waals surface area contributed by atoms with Crippen molar-refractivity contribution in [2.24, 2.45) is 7.05 Å². The Hall–Kier alpha value is -0.510. The van der Waals surface area contributed by atoms with Gasteiger partial charge in [-0.05, 0) is 29.8 Å². The molecular formula is C9H15BrN4O3S. The van der Waals surface area contributed by atoms with Crippen LogP contribution in [0.4, 0.5) is 0 Å². The van der Waals surface area contributed by atoms with Crippen molar-refractivity contribution in [3.05, 3.63) is 4.60 Å². The van der Waals surface area contributed by atoms with Crippen LogP contribution >= 0.6 is 15.9 Å². The summed E-state index contributed by atoms with van der Waals surface area (Å²) < 4.78 is 33.5. The Morgan fingerprint density at radius 1 is 1.33 bits per heavy atom. The van der Waals surface area contributed by atoms with E-state index in [2.05, 4.69) is 26.2 Å². The van der Waals surface area contributed by atoms with E-state index < -0.39 is 10.0 Å².